The minimum atomic E-state index is -0.342. The summed E-state index contributed by atoms with van der Waals surface area (Å²) in [5.41, 5.74) is 4.84. The summed E-state index contributed by atoms with van der Waals surface area (Å²) in [6.07, 6.45) is 3.06. The first-order chi connectivity index (χ1) is 11.7. The van der Waals surface area contributed by atoms with Crippen molar-refractivity contribution in [1.29, 1.82) is 0 Å². The van der Waals surface area contributed by atoms with Crippen LogP contribution in [0.1, 0.15) is 27.9 Å². The maximum Gasteiger partial charge on any atom is 0.414 e. The highest BCUT2D eigenvalue weighted by Crippen LogP contribution is 2.25. The predicted molar refractivity (Wildman–Crippen MR) is 91.6 cm³/mol. The van der Waals surface area contributed by atoms with Crippen LogP contribution in [0.2, 0.25) is 0 Å². The molecule has 0 saturated carbocycles. The fourth-order valence-corrected chi connectivity index (χ4v) is 3.27. The summed E-state index contributed by atoms with van der Waals surface area (Å²) in [5.74, 6) is -0.150. The summed E-state index contributed by atoms with van der Waals surface area (Å²) in [4.78, 5) is 25.5. The van der Waals surface area contributed by atoms with E-state index in [1.54, 1.807) is 29.2 Å². The molecule has 0 unspecified atom stereocenters. The van der Waals surface area contributed by atoms with Crippen molar-refractivity contribution in [2.45, 2.75) is 19.3 Å². The molecule has 4 rings (SSSR count). The number of anilines is 2. The monoisotopic (exact) mass is 322 g/mol. The molecular formula is C19H18N2O3. The summed E-state index contributed by atoms with van der Waals surface area (Å²) in [7, 11) is 0. The molecule has 5 heteroatoms. The third-order valence-electron chi connectivity index (χ3n) is 4.56. The number of amides is 2. The van der Waals surface area contributed by atoms with Gasteiger partial charge in [0.05, 0.1) is 6.54 Å². The van der Waals surface area contributed by atoms with Crippen LogP contribution in [-0.2, 0) is 17.6 Å². The number of nitrogens with one attached hydrogen (secondary N) is 1. The number of rotatable bonds is 3. The van der Waals surface area contributed by atoms with E-state index in [-0.39, 0.29) is 12.0 Å². The maximum atomic E-state index is 12.4. The van der Waals surface area contributed by atoms with Crippen LogP contribution in [0.4, 0.5) is 16.2 Å². The van der Waals surface area contributed by atoms with Crippen molar-refractivity contribution >= 4 is 23.4 Å². The normalized spacial score (nSPS) is 16.0. The van der Waals surface area contributed by atoms with Gasteiger partial charge in [-0.25, -0.2) is 4.79 Å². The van der Waals surface area contributed by atoms with Crippen molar-refractivity contribution in [3.63, 3.8) is 0 Å². The van der Waals surface area contributed by atoms with Gasteiger partial charge in [0.1, 0.15) is 6.61 Å². The Balaban J connectivity index is 1.47. The Labute approximate surface area is 140 Å². The Morgan fingerprint density at radius 2 is 1.83 bits per heavy atom. The first-order valence-corrected chi connectivity index (χ1v) is 8.18. The van der Waals surface area contributed by atoms with Crippen LogP contribution in [0.25, 0.3) is 0 Å². The van der Waals surface area contributed by atoms with Gasteiger partial charge in [-0.15, -0.1) is 0 Å². The number of ether oxygens (including phenoxy) is 1. The molecule has 1 aliphatic carbocycles. The lowest BCUT2D eigenvalue weighted by molar-refractivity contribution is 0.102. The average molecular weight is 322 g/mol. The van der Waals surface area contributed by atoms with Gasteiger partial charge in [-0.3, -0.25) is 9.69 Å². The van der Waals surface area contributed by atoms with Crippen molar-refractivity contribution in [1.82, 2.24) is 0 Å². The number of aryl methyl sites for hydroxylation is 2. The van der Waals surface area contributed by atoms with Crippen LogP contribution in [0, 0.1) is 0 Å². The number of fused-ring (bicyclic) bond motifs is 1. The molecule has 122 valence electrons. The van der Waals surface area contributed by atoms with Crippen molar-refractivity contribution in [3.8, 4) is 0 Å². The van der Waals surface area contributed by atoms with E-state index in [2.05, 4.69) is 17.4 Å². The van der Waals surface area contributed by atoms with E-state index >= 15 is 0 Å². The lowest BCUT2D eigenvalue weighted by Gasteiger charge is -2.13. The molecule has 0 radical (unpaired) electrons. The lowest BCUT2D eigenvalue weighted by Crippen LogP contribution is -2.23. The number of carbonyl (C=O) groups excluding carboxylic acids is 2. The van der Waals surface area contributed by atoms with Crippen LogP contribution >= 0.6 is 0 Å². The molecule has 2 aromatic carbocycles. The van der Waals surface area contributed by atoms with Crippen LogP contribution < -0.4 is 10.2 Å². The molecule has 2 aromatic rings. The standard InChI is InChI=1S/C19H18N2O3/c22-18(20-16-7-4-13-2-1-3-15(13)12-16)14-5-8-17(9-6-14)21-10-11-24-19(21)23/h4-9,12H,1-3,10-11H2,(H,20,22). The summed E-state index contributed by atoms with van der Waals surface area (Å²) in [6.45, 7) is 0.943. The van der Waals surface area contributed by atoms with E-state index in [1.165, 1.54) is 17.5 Å². The number of hydrogen-bond acceptors (Lipinski definition) is 3. The molecule has 24 heavy (non-hydrogen) atoms. The number of cyclic esters (lactones) is 1. The quantitative estimate of drug-likeness (QED) is 0.942. The first kappa shape index (κ1) is 14.8. The largest absolute Gasteiger partial charge is 0.447 e. The van der Waals surface area contributed by atoms with Crippen LogP contribution in [0.5, 0.6) is 0 Å². The smallest absolute Gasteiger partial charge is 0.414 e. The van der Waals surface area contributed by atoms with E-state index in [9.17, 15) is 9.59 Å². The van der Waals surface area contributed by atoms with Gasteiger partial charge in [0.15, 0.2) is 0 Å². The van der Waals surface area contributed by atoms with E-state index in [0.29, 0.717) is 18.7 Å². The zero-order valence-corrected chi connectivity index (χ0v) is 13.2. The molecular weight excluding hydrogens is 304 g/mol. The van der Waals surface area contributed by atoms with Gasteiger partial charge >= 0.3 is 6.09 Å². The molecule has 1 heterocycles. The highest BCUT2D eigenvalue weighted by molar-refractivity contribution is 6.04. The highest BCUT2D eigenvalue weighted by atomic mass is 16.6. The van der Waals surface area contributed by atoms with Crippen LogP contribution in [0.3, 0.4) is 0 Å². The van der Waals surface area contributed by atoms with Gasteiger partial charge in [-0.2, -0.15) is 0 Å². The molecule has 5 nitrogen and oxygen atoms in total. The summed E-state index contributed by atoms with van der Waals surface area (Å²) >= 11 is 0. The van der Waals surface area contributed by atoms with E-state index < -0.39 is 0 Å². The second kappa shape index (κ2) is 6.00. The number of benzene rings is 2. The van der Waals surface area contributed by atoms with Gasteiger partial charge in [-0.1, -0.05) is 6.07 Å². The molecule has 2 amide bonds. The number of nitrogens with zero attached hydrogens (tertiary/aromatic N) is 1. The van der Waals surface area contributed by atoms with Crippen molar-refractivity contribution < 1.29 is 14.3 Å². The third-order valence-corrected chi connectivity index (χ3v) is 4.56. The fourth-order valence-electron chi connectivity index (χ4n) is 3.27. The zero-order chi connectivity index (χ0) is 16.5. The Kier molecular flexibility index (Phi) is 3.69. The van der Waals surface area contributed by atoms with Crippen molar-refractivity contribution in [3.05, 3.63) is 59.2 Å². The average Bonchev–Trinajstić information content (AvgIpc) is 3.23. The van der Waals surface area contributed by atoms with Crippen LogP contribution in [0.15, 0.2) is 42.5 Å². The SMILES string of the molecule is O=C(Nc1ccc2c(c1)CCC2)c1ccc(N2CCOC2=O)cc1. The van der Waals surface area contributed by atoms with E-state index in [4.69, 9.17) is 4.74 Å². The maximum absolute atomic E-state index is 12.4. The second-order valence-electron chi connectivity index (χ2n) is 6.10. The molecule has 1 N–H and O–H groups in total. The molecule has 0 atom stereocenters. The molecule has 1 fully saturated rings. The number of carbonyl (C=O) groups is 2. The lowest BCUT2D eigenvalue weighted by atomic mass is 10.1. The molecule has 2 aliphatic rings. The Hall–Kier alpha value is -2.82. The van der Waals surface area contributed by atoms with Gasteiger partial charge in [0.2, 0.25) is 0 Å². The molecule has 1 aliphatic heterocycles. The van der Waals surface area contributed by atoms with E-state index in [0.717, 1.165) is 24.2 Å². The predicted octanol–water partition coefficient (Wildman–Crippen LogP) is 3.38. The van der Waals surface area contributed by atoms with Gasteiger partial charge < -0.3 is 10.1 Å². The second-order valence-corrected chi connectivity index (χ2v) is 6.10. The molecule has 1 saturated heterocycles. The van der Waals surface area contributed by atoms with Gasteiger partial charge in [0, 0.05) is 16.9 Å². The fraction of sp³-hybridized carbons (Fsp3) is 0.263. The third kappa shape index (κ3) is 2.73. The van der Waals surface area contributed by atoms with Crippen molar-refractivity contribution in [2.24, 2.45) is 0 Å². The van der Waals surface area contributed by atoms with Crippen LogP contribution in [-0.4, -0.2) is 25.2 Å². The highest BCUT2D eigenvalue weighted by Gasteiger charge is 2.23. The first-order valence-electron chi connectivity index (χ1n) is 8.18. The zero-order valence-electron chi connectivity index (χ0n) is 13.2. The van der Waals surface area contributed by atoms with Gasteiger partial charge in [0.25, 0.3) is 5.91 Å². The minimum Gasteiger partial charge on any atom is -0.447 e. The van der Waals surface area contributed by atoms with E-state index in [1.807, 2.05) is 6.07 Å². The Bertz CT molecular complexity index is 799. The molecule has 0 spiro atoms. The summed E-state index contributed by atoms with van der Waals surface area (Å²) < 4.78 is 4.92. The minimum absolute atomic E-state index is 0.150. The number of hydrogen-bond donors (Lipinski definition) is 1. The molecule has 0 bridgehead atoms. The molecule has 0 aromatic heterocycles. The Morgan fingerprint density at radius 3 is 2.58 bits per heavy atom. The summed E-state index contributed by atoms with van der Waals surface area (Å²) in [6, 6.07) is 13.1. The van der Waals surface area contributed by atoms with Crippen molar-refractivity contribution in [2.75, 3.05) is 23.4 Å². The summed E-state index contributed by atoms with van der Waals surface area (Å²) in [5, 5.41) is 2.94. The Morgan fingerprint density at radius 1 is 1.04 bits per heavy atom. The topological polar surface area (TPSA) is 58.6 Å². The van der Waals surface area contributed by atoms with Gasteiger partial charge in [-0.05, 0) is 66.8 Å².